The first-order chi connectivity index (χ1) is 9.92. The van der Waals surface area contributed by atoms with Gasteiger partial charge in [-0.15, -0.1) is 0 Å². The van der Waals surface area contributed by atoms with E-state index in [-0.39, 0.29) is 11.9 Å². The van der Waals surface area contributed by atoms with Crippen LogP contribution in [0.4, 0.5) is 5.69 Å². The predicted octanol–water partition coefficient (Wildman–Crippen LogP) is 2.21. The summed E-state index contributed by atoms with van der Waals surface area (Å²) in [5.74, 6) is 0.675. The fraction of sp³-hybridized carbons (Fsp3) is 0.562. The van der Waals surface area contributed by atoms with Gasteiger partial charge in [-0.3, -0.25) is 4.79 Å². The molecule has 0 aliphatic rings. The molecule has 0 spiro atoms. The van der Waals surface area contributed by atoms with Gasteiger partial charge in [0.1, 0.15) is 5.75 Å². The van der Waals surface area contributed by atoms with Crippen LogP contribution in [-0.2, 0) is 11.3 Å². The summed E-state index contributed by atoms with van der Waals surface area (Å²) in [6.45, 7) is 2.77. The first kappa shape index (κ1) is 17.5. The molecule has 0 bridgehead atoms. The number of carbonyl (C=O) groups is 1. The maximum atomic E-state index is 12.0. The molecule has 0 fully saturated rings. The molecule has 3 N–H and O–H groups in total. The van der Waals surface area contributed by atoms with Gasteiger partial charge in [0.15, 0.2) is 0 Å². The molecule has 1 aromatic rings. The zero-order valence-electron chi connectivity index (χ0n) is 13.5. The minimum absolute atomic E-state index is 0.00375. The number of anilines is 1. The van der Waals surface area contributed by atoms with Gasteiger partial charge in [0.05, 0.1) is 12.8 Å². The molecule has 5 nitrogen and oxygen atoms in total. The van der Waals surface area contributed by atoms with Crippen molar-refractivity contribution in [3.05, 3.63) is 23.8 Å². The lowest BCUT2D eigenvalue weighted by atomic mass is 10.1. The molecular formula is C16H27N3O2. The Hall–Kier alpha value is -1.59. The maximum Gasteiger partial charge on any atom is 0.224 e. The molecule has 118 valence electrons. The molecule has 0 aromatic heterocycles. The quantitative estimate of drug-likeness (QED) is 0.771. The standard InChI is InChI=1S/C16H27N3O2/c1-12(17)6-5-7-16(20)18-14-10-13(11-19(2)3)8-9-15(14)21-4/h8-10,12H,5-7,11,17H2,1-4H3,(H,18,20). The lowest BCUT2D eigenvalue weighted by Gasteiger charge is -2.14. The zero-order valence-corrected chi connectivity index (χ0v) is 13.5. The number of nitrogens with one attached hydrogen (secondary N) is 1. The Morgan fingerprint density at radius 1 is 1.43 bits per heavy atom. The third kappa shape index (κ3) is 6.60. The van der Waals surface area contributed by atoms with Crippen LogP contribution in [0.15, 0.2) is 18.2 Å². The highest BCUT2D eigenvalue weighted by Gasteiger charge is 2.09. The van der Waals surface area contributed by atoms with Crippen molar-refractivity contribution in [3.8, 4) is 5.75 Å². The van der Waals surface area contributed by atoms with Crippen LogP contribution in [0.1, 0.15) is 31.7 Å². The number of nitrogens with two attached hydrogens (primary N) is 1. The summed E-state index contributed by atoms with van der Waals surface area (Å²) in [7, 11) is 5.62. The normalized spacial score (nSPS) is 12.3. The van der Waals surface area contributed by atoms with Gasteiger partial charge in [-0.2, -0.15) is 0 Å². The van der Waals surface area contributed by atoms with E-state index in [9.17, 15) is 4.79 Å². The second kappa shape index (κ2) is 8.64. The topological polar surface area (TPSA) is 67.6 Å². The molecule has 21 heavy (non-hydrogen) atoms. The average Bonchev–Trinajstić information content (AvgIpc) is 2.37. The van der Waals surface area contributed by atoms with E-state index in [1.54, 1.807) is 7.11 Å². The van der Waals surface area contributed by atoms with Crippen molar-refractivity contribution in [1.29, 1.82) is 0 Å². The van der Waals surface area contributed by atoms with Gasteiger partial charge in [-0.25, -0.2) is 0 Å². The number of carbonyl (C=O) groups excluding carboxylic acids is 1. The summed E-state index contributed by atoms with van der Waals surface area (Å²) in [6.07, 6.45) is 2.12. The molecule has 0 radical (unpaired) electrons. The second-order valence-electron chi connectivity index (χ2n) is 5.69. The molecule has 1 aromatic carbocycles. The van der Waals surface area contributed by atoms with Crippen LogP contribution in [-0.4, -0.2) is 38.1 Å². The van der Waals surface area contributed by atoms with Crippen LogP contribution in [0.2, 0.25) is 0 Å². The summed E-state index contributed by atoms with van der Waals surface area (Å²) >= 11 is 0. The van der Waals surface area contributed by atoms with Gasteiger partial charge < -0.3 is 20.7 Å². The summed E-state index contributed by atoms with van der Waals surface area (Å²) in [6, 6.07) is 5.99. The fourth-order valence-electron chi connectivity index (χ4n) is 2.11. The number of methoxy groups -OCH3 is 1. The van der Waals surface area contributed by atoms with Crippen molar-refractivity contribution in [1.82, 2.24) is 4.90 Å². The van der Waals surface area contributed by atoms with E-state index >= 15 is 0 Å². The van der Waals surface area contributed by atoms with Crippen molar-refractivity contribution in [2.45, 2.75) is 38.8 Å². The molecule has 0 saturated heterocycles. The molecule has 0 aliphatic carbocycles. The van der Waals surface area contributed by atoms with Crippen LogP contribution in [0, 0.1) is 0 Å². The Morgan fingerprint density at radius 2 is 2.14 bits per heavy atom. The average molecular weight is 293 g/mol. The SMILES string of the molecule is COc1ccc(CN(C)C)cc1NC(=O)CCCC(C)N. The molecule has 0 saturated carbocycles. The van der Waals surface area contributed by atoms with E-state index in [0.29, 0.717) is 12.2 Å². The van der Waals surface area contributed by atoms with Crippen LogP contribution < -0.4 is 15.8 Å². The fourth-order valence-corrected chi connectivity index (χ4v) is 2.11. The Kier molecular flexibility index (Phi) is 7.19. The van der Waals surface area contributed by atoms with Crippen LogP contribution in [0.25, 0.3) is 0 Å². The minimum atomic E-state index is -0.00375. The van der Waals surface area contributed by atoms with E-state index in [0.717, 1.165) is 30.6 Å². The Morgan fingerprint density at radius 3 is 2.71 bits per heavy atom. The maximum absolute atomic E-state index is 12.0. The minimum Gasteiger partial charge on any atom is -0.495 e. The summed E-state index contributed by atoms with van der Waals surface area (Å²) in [5.41, 5.74) is 7.54. The monoisotopic (exact) mass is 293 g/mol. The molecule has 1 atom stereocenters. The van der Waals surface area contributed by atoms with Crippen molar-refractivity contribution in [2.24, 2.45) is 5.73 Å². The predicted molar refractivity (Wildman–Crippen MR) is 86.5 cm³/mol. The Balaban J connectivity index is 2.68. The van der Waals surface area contributed by atoms with E-state index in [4.69, 9.17) is 10.5 Å². The smallest absolute Gasteiger partial charge is 0.224 e. The molecule has 0 heterocycles. The lowest BCUT2D eigenvalue weighted by Crippen LogP contribution is -2.17. The van der Waals surface area contributed by atoms with Gasteiger partial charge >= 0.3 is 0 Å². The highest BCUT2D eigenvalue weighted by Crippen LogP contribution is 2.26. The van der Waals surface area contributed by atoms with Crippen LogP contribution in [0.3, 0.4) is 0 Å². The first-order valence-corrected chi connectivity index (χ1v) is 7.29. The number of benzene rings is 1. The number of ether oxygens (including phenoxy) is 1. The third-order valence-corrected chi connectivity index (χ3v) is 3.10. The molecule has 1 amide bonds. The Labute approximate surface area is 127 Å². The summed E-state index contributed by atoms with van der Waals surface area (Å²) < 4.78 is 5.30. The molecular weight excluding hydrogens is 266 g/mol. The lowest BCUT2D eigenvalue weighted by molar-refractivity contribution is -0.116. The summed E-state index contributed by atoms with van der Waals surface area (Å²) in [5, 5.41) is 2.93. The zero-order chi connectivity index (χ0) is 15.8. The highest BCUT2D eigenvalue weighted by atomic mass is 16.5. The van der Waals surface area contributed by atoms with Gasteiger partial charge in [0, 0.05) is 19.0 Å². The highest BCUT2D eigenvalue weighted by molar-refractivity contribution is 5.92. The summed E-state index contributed by atoms with van der Waals surface area (Å²) in [4.78, 5) is 14.1. The van der Waals surface area contributed by atoms with Gasteiger partial charge in [0.25, 0.3) is 0 Å². The number of rotatable bonds is 8. The number of amides is 1. The van der Waals surface area contributed by atoms with E-state index in [1.807, 2.05) is 39.2 Å². The number of hydrogen-bond acceptors (Lipinski definition) is 4. The first-order valence-electron chi connectivity index (χ1n) is 7.29. The van der Waals surface area contributed by atoms with E-state index in [1.165, 1.54) is 0 Å². The second-order valence-corrected chi connectivity index (χ2v) is 5.69. The third-order valence-electron chi connectivity index (χ3n) is 3.10. The van der Waals surface area contributed by atoms with Gasteiger partial charge in [0.2, 0.25) is 5.91 Å². The number of hydrogen-bond donors (Lipinski definition) is 2. The molecule has 5 heteroatoms. The number of nitrogens with zero attached hydrogens (tertiary/aromatic N) is 1. The van der Waals surface area contributed by atoms with E-state index in [2.05, 4.69) is 10.2 Å². The molecule has 1 unspecified atom stereocenters. The largest absolute Gasteiger partial charge is 0.495 e. The van der Waals surface area contributed by atoms with Crippen molar-refractivity contribution >= 4 is 11.6 Å². The molecule has 1 rings (SSSR count). The van der Waals surface area contributed by atoms with Crippen LogP contribution >= 0.6 is 0 Å². The van der Waals surface area contributed by atoms with Gasteiger partial charge in [-0.1, -0.05) is 6.07 Å². The van der Waals surface area contributed by atoms with Crippen LogP contribution in [0.5, 0.6) is 5.75 Å². The van der Waals surface area contributed by atoms with Crippen molar-refractivity contribution < 1.29 is 9.53 Å². The molecule has 0 aliphatic heterocycles. The van der Waals surface area contributed by atoms with E-state index < -0.39 is 0 Å². The Bertz CT molecular complexity index is 459. The van der Waals surface area contributed by atoms with Gasteiger partial charge in [-0.05, 0) is 51.6 Å². The van der Waals surface area contributed by atoms with Crippen molar-refractivity contribution in [3.63, 3.8) is 0 Å². The van der Waals surface area contributed by atoms with Crippen molar-refractivity contribution in [2.75, 3.05) is 26.5 Å².